The van der Waals surface area contributed by atoms with Crippen molar-refractivity contribution in [3.63, 3.8) is 0 Å². The highest BCUT2D eigenvalue weighted by Crippen LogP contribution is 2.18. The van der Waals surface area contributed by atoms with Crippen LogP contribution in [0.2, 0.25) is 0 Å². The molecule has 0 aliphatic rings. The fourth-order valence-corrected chi connectivity index (χ4v) is 5.19. The number of nitrogens with zero attached hydrogens (tertiary/aromatic N) is 2. The van der Waals surface area contributed by atoms with E-state index in [1.165, 1.54) is 95.4 Å². The number of carbonyl (C=O) groups is 1. The molecular formula is C33H49N3O. The summed E-state index contributed by atoms with van der Waals surface area (Å²) in [5, 5.41) is 3.08. The number of benzene rings is 2. The van der Waals surface area contributed by atoms with Gasteiger partial charge in [-0.3, -0.25) is 4.79 Å². The van der Waals surface area contributed by atoms with Crippen molar-refractivity contribution in [1.82, 2.24) is 14.9 Å². The quantitative estimate of drug-likeness (QED) is 0.157. The van der Waals surface area contributed by atoms with Crippen LogP contribution in [0.1, 0.15) is 108 Å². The second-order valence-corrected chi connectivity index (χ2v) is 10.5. The van der Waals surface area contributed by atoms with Crippen molar-refractivity contribution in [2.45, 2.75) is 116 Å². The number of carbonyl (C=O) groups excluding carboxylic acids is 1. The lowest BCUT2D eigenvalue weighted by Crippen LogP contribution is -2.28. The van der Waals surface area contributed by atoms with Crippen LogP contribution in [0.5, 0.6) is 0 Å². The SMILES string of the molecule is CCCCCCCCCCCCCCCCn1c(CCNC(=O)Cc2ccccc2)nc2ccccc21. The molecule has 0 atom stereocenters. The molecule has 4 heteroatoms. The van der Waals surface area contributed by atoms with E-state index in [9.17, 15) is 4.79 Å². The van der Waals surface area contributed by atoms with E-state index in [0.717, 1.165) is 29.9 Å². The largest absolute Gasteiger partial charge is 0.355 e. The van der Waals surface area contributed by atoms with Crippen LogP contribution in [0.25, 0.3) is 11.0 Å². The number of para-hydroxylation sites is 2. The van der Waals surface area contributed by atoms with Crippen LogP contribution in [0.3, 0.4) is 0 Å². The summed E-state index contributed by atoms with van der Waals surface area (Å²) in [6.07, 6.45) is 20.5. The van der Waals surface area contributed by atoms with Crippen molar-refractivity contribution in [2.24, 2.45) is 0 Å². The molecule has 1 amide bonds. The molecule has 0 spiro atoms. The first-order valence-electron chi connectivity index (χ1n) is 15.0. The van der Waals surface area contributed by atoms with E-state index >= 15 is 0 Å². The minimum Gasteiger partial charge on any atom is -0.355 e. The summed E-state index contributed by atoms with van der Waals surface area (Å²) in [5.74, 6) is 1.15. The van der Waals surface area contributed by atoms with Gasteiger partial charge in [-0.05, 0) is 24.1 Å². The first-order valence-corrected chi connectivity index (χ1v) is 15.0. The van der Waals surface area contributed by atoms with Crippen LogP contribution in [0.15, 0.2) is 54.6 Å². The van der Waals surface area contributed by atoms with Gasteiger partial charge in [0.15, 0.2) is 0 Å². The molecule has 3 aromatic rings. The Morgan fingerprint density at radius 3 is 1.95 bits per heavy atom. The molecule has 0 saturated heterocycles. The number of hydrogen-bond donors (Lipinski definition) is 1. The number of imidazole rings is 1. The van der Waals surface area contributed by atoms with Gasteiger partial charge >= 0.3 is 0 Å². The summed E-state index contributed by atoms with van der Waals surface area (Å²) >= 11 is 0. The second kappa shape index (κ2) is 17.8. The van der Waals surface area contributed by atoms with Gasteiger partial charge in [0.25, 0.3) is 0 Å². The number of rotatable bonds is 20. The topological polar surface area (TPSA) is 46.9 Å². The summed E-state index contributed by atoms with van der Waals surface area (Å²) < 4.78 is 2.37. The molecule has 0 bridgehead atoms. The Bertz CT molecular complexity index is 1010. The highest BCUT2D eigenvalue weighted by molar-refractivity contribution is 5.78. The van der Waals surface area contributed by atoms with Crippen molar-refractivity contribution >= 4 is 16.9 Å². The number of unbranched alkanes of at least 4 members (excludes halogenated alkanes) is 13. The third-order valence-corrected chi connectivity index (χ3v) is 7.35. The smallest absolute Gasteiger partial charge is 0.224 e. The van der Waals surface area contributed by atoms with Crippen LogP contribution in [0.4, 0.5) is 0 Å². The van der Waals surface area contributed by atoms with E-state index in [1.54, 1.807) is 0 Å². The standard InChI is InChI=1S/C33H49N3O/c1-2-3-4-5-6-7-8-9-10-11-12-13-14-20-27-36-31-24-19-18-23-30(31)35-32(36)25-26-34-33(37)28-29-21-16-15-17-22-29/h15-19,21-24H,2-14,20,25-28H2,1H3,(H,34,37). The Kier molecular flexibility index (Phi) is 13.9. The molecule has 1 aromatic heterocycles. The van der Waals surface area contributed by atoms with Crippen LogP contribution >= 0.6 is 0 Å². The lowest BCUT2D eigenvalue weighted by molar-refractivity contribution is -0.120. The van der Waals surface area contributed by atoms with Gasteiger partial charge in [-0.15, -0.1) is 0 Å². The average molecular weight is 504 g/mol. The van der Waals surface area contributed by atoms with E-state index in [-0.39, 0.29) is 5.91 Å². The maximum Gasteiger partial charge on any atom is 0.224 e. The zero-order chi connectivity index (χ0) is 26.0. The first kappa shape index (κ1) is 28.9. The van der Waals surface area contributed by atoms with Gasteiger partial charge in [0.2, 0.25) is 5.91 Å². The summed E-state index contributed by atoms with van der Waals surface area (Å²) in [4.78, 5) is 17.2. The van der Waals surface area contributed by atoms with Crippen LogP contribution < -0.4 is 5.32 Å². The predicted molar refractivity (Wildman–Crippen MR) is 157 cm³/mol. The number of amides is 1. The zero-order valence-corrected chi connectivity index (χ0v) is 23.2. The molecule has 0 unspecified atom stereocenters. The average Bonchev–Trinajstić information content (AvgIpc) is 3.26. The molecule has 37 heavy (non-hydrogen) atoms. The molecule has 1 N–H and O–H groups in total. The van der Waals surface area contributed by atoms with Crippen molar-refractivity contribution in [2.75, 3.05) is 6.54 Å². The Balaban J connectivity index is 1.31. The van der Waals surface area contributed by atoms with Crippen LogP contribution in [-0.4, -0.2) is 22.0 Å². The van der Waals surface area contributed by atoms with E-state index in [4.69, 9.17) is 4.98 Å². The second-order valence-electron chi connectivity index (χ2n) is 10.5. The van der Waals surface area contributed by atoms with Gasteiger partial charge in [-0.1, -0.05) is 133 Å². The van der Waals surface area contributed by atoms with Crippen LogP contribution in [-0.2, 0) is 24.2 Å². The molecule has 1 heterocycles. The number of aryl methyl sites for hydroxylation is 1. The lowest BCUT2D eigenvalue weighted by Gasteiger charge is -2.10. The van der Waals surface area contributed by atoms with Gasteiger partial charge in [0, 0.05) is 19.5 Å². The molecule has 2 aromatic carbocycles. The molecule has 4 nitrogen and oxygen atoms in total. The molecule has 202 valence electrons. The highest BCUT2D eigenvalue weighted by Gasteiger charge is 2.11. The molecule has 3 rings (SSSR count). The van der Waals surface area contributed by atoms with Gasteiger partial charge in [-0.25, -0.2) is 4.98 Å². The zero-order valence-electron chi connectivity index (χ0n) is 23.2. The lowest BCUT2D eigenvalue weighted by atomic mass is 10.0. The Morgan fingerprint density at radius 1 is 0.730 bits per heavy atom. The maximum absolute atomic E-state index is 12.3. The summed E-state index contributed by atoms with van der Waals surface area (Å²) in [5.41, 5.74) is 3.31. The van der Waals surface area contributed by atoms with Gasteiger partial charge in [-0.2, -0.15) is 0 Å². The van der Waals surface area contributed by atoms with Gasteiger partial charge in [0.05, 0.1) is 17.5 Å². The van der Waals surface area contributed by atoms with E-state index in [1.807, 2.05) is 30.3 Å². The number of aromatic nitrogens is 2. The molecule has 0 fully saturated rings. The number of nitrogens with one attached hydrogen (secondary N) is 1. The first-order chi connectivity index (χ1) is 18.3. The van der Waals surface area contributed by atoms with E-state index in [0.29, 0.717) is 13.0 Å². The number of fused-ring (bicyclic) bond motifs is 1. The maximum atomic E-state index is 12.3. The molecule has 0 aliphatic carbocycles. The normalized spacial score (nSPS) is 11.3. The van der Waals surface area contributed by atoms with E-state index < -0.39 is 0 Å². The van der Waals surface area contributed by atoms with Crippen molar-refractivity contribution in [1.29, 1.82) is 0 Å². The Labute approximate surface area is 225 Å². The summed E-state index contributed by atoms with van der Waals surface area (Å²) in [6, 6.07) is 18.3. The fourth-order valence-electron chi connectivity index (χ4n) is 5.19. The summed E-state index contributed by atoms with van der Waals surface area (Å²) in [6.45, 7) is 3.91. The minimum absolute atomic E-state index is 0.0702. The van der Waals surface area contributed by atoms with Crippen LogP contribution in [0, 0.1) is 0 Å². The highest BCUT2D eigenvalue weighted by atomic mass is 16.1. The Morgan fingerprint density at radius 2 is 1.30 bits per heavy atom. The van der Waals surface area contributed by atoms with Crippen molar-refractivity contribution in [3.8, 4) is 0 Å². The van der Waals surface area contributed by atoms with Crippen molar-refractivity contribution < 1.29 is 4.79 Å². The molecular weight excluding hydrogens is 454 g/mol. The van der Waals surface area contributed by atoms with Crippen molar-refractivity contribution in [3.05, 3.63) is 66.0 Å². The third kappa shape index (κ3) is 11.1. The minimum atomic E-state index is 0.0702. The van der Waals surface area contributed by atoms with Gasteiger partial charge in [0.1, 0.15) is 5.82 Å². The number of hydrogen-bond acceptors (Lipinski definition) is 2. The molecule has 0 aliphatic heterocycles. The monoisotopic (exact) mass is 503 g/mol. The van der Waals surface area contributed by atoms with E-state index in [2.05, 4.69) is 41.1 Å². The predicted octanol–water partition coefficient (Wildman–Crippen LogP) is 8.42. The molecule has 0 radical (unpaired) electrons. The van der Waals surface area contributed by atoms with Gasteiger partial charge < -0.3 is 9.88 Å². The summed E-state index contributed by atoms with van der Waals surface area (Å²) in [7, 11) is 0. The molecule has 0 saturated carbocycles. The Hall–Kier alpha value is -2.62. The third-order valence-electron chi connectivity index (χ3n) is 7.35. The fraction of sp³-hybridized carbons (Fsp3) is 0.576.